The number of hydrogen-bond acceptors (Lipinski definition) is 5. The summed E-state index contributed by atoms with van der Waals surface area (Å²) >= 11 is 0.917. The van der Waals surface area contributed by atoms with E-state index in [2.05, 4.69) is 4.98 Å². The third-order valence-electron chi connectivity index (χ3n) is 4.50. The van der Waals surface area contributed by atoms with Gasteiger partial charge in [-0.1, -0.05) is 12.1 Å². The molecular weight excluding hydrogens is 409 g/mol. The first-order valence-electron chi connectivity index (χ1n) is 8.48. The first-order chi connectivity index (χ1) is 13.8. The number of aromatic nitrogens is 1. The predicted molar refractivity (Wildman–Crippen MR) is 98.5 cm³/mol. The zero-order valence-electron chi connectivity index (χ0n) is 14.9. The molecule has 0 fully saturated rings. The van der Waals surface area contributed by atoms with E-state index >= 15 is 0 Å². The highest BCUT2D eigenvalue weighted by Gasteiger charge is 2.37. The lowest BCUT2D eigenvalue weighted by molar-refractivity contribution is -0.142. The number of halogens is 3. The molecule has 1 unspecified atom stereocenters. The van der Waals surface area contributed by atoms with Crippen molar-refractivity contribution in [2.45, 2.75) is 26.0 Å². The number of benzene rings is 2. The largest absolute Gasteiger partial charge is 0.481 e. The van der Waals surface area contributed by atoms with Gasteiger partial charge >= 0.3 is 5.97 Å². The van der Waals surface area contributed by atoms with Gasteiger partial charge in [-0.25, -0.2) is 18.2 Å². The molecule has 4 rings (SSSR count). The van der Waals surface area contributed by atoms with Gasteiger partial charge in [0.25, 0.3) is 5.91 Å². The molecule has 6 nitrogen and oxygen atoms in total. The van der Waals surface area contributed by atoms with Crippen molar-refractivity contribution in [3.8, 4) is 5.75 Å². The van der Waals surface area contributed by atoms with Gasteiger partial charge in [0.05, 0.1) is 23.4 Å². The Kier molecular flexibility index (Phi) is 4.65. The van der Waals surface area contributed by atoms with Gasteiger partial charge in [-0.2, -0.15) is 0 Å². The Labute approximate surface area is 166 Å². The fourth-order valence-electron chi connectivity index (χ4n) is 3.23. The zero-order chi connectivity index (χ0) is 20.9. The highest BCUT2D eigenvalue weighted by atomic mass is 32.1. The van der Waals surface area contributed by atoms with Crippen LogP contribution >= 0.6 is 11.3 Å². The van der Waals surface area contributed by atoms with Crippen LogP contribution in [0.2, 0.25) is 0 Å². The molecule has 1 atom stereocenters. The van der Waals surface area contributed by atoms with Gasteiger partial charge in [-0.15, -0.1) is 11.3 Å². The van der Waals surface area contributed by atoms with Crippen LogP contribution in [0.15, 0.2) is 24.3 Å². The fourth-order valence-corrected chi connectivity index (χ4v) is 4.21. The highest BCUT2D eigenvalue weighted by Crippen LogP contribution is 2.39. The number of carboxylic acids is 1. The van der Waals surface area contributed by atoms with E-state index < -0.39 is 41.9 Å². The van der Waals surface area contributed by atoms with E-state index in [0.717, 1.165) is 17.4 Å². The topological polar surface area (TPSA) is 79.7 Å². The van der Waals surface area contributed by atoms with E-state index in [0.29, 0.717) is 17.0 Å². The fraction of sp³-hybridized carbons (Fsp3) is 0.211. The van der Waals surface area contributed by atoms with Crippen LogP contribution in [0.25, 0.3) is 10.2 Å². The van der Waals surface area contributed by atoms with Crippen LogP contribution in [0.4, 0.5) is 18.9 Å². The van der Waals surface area contributed by atoms with Crippen LogP contribution in [0.1, 0.15) is 17.0 Å². The SMILES string of the molecule is Cc1cccc2c1N(Cc1nc3c(F)c(F)c(F)cc3s1)C(=O)C(CC(=O)O)O2. The third-order valence-corrected chi connectivity index (χ3v) is 5.49. The standard InChI is InChI=1S/C19H13F3N2O4S/c1-8-3-2-4-10-18(8)24(19(27)11(28-10)6-14(25)26)7-13-23-17-12(29-13)5-9(20)15(21)16(17)22/h2-5,11H,6-7H2,1H3,(H,25,26). The molecule has 1 aliphatic rings. The summed E-state index contributed by atoms with van der Waals surface area (Å²) in [5.74, 6) is -5.79. The molecule has 150 valence electrons. The summed E-state index contributed by atoms with van der Waals surface area (Å²) in [5, 5.41) is 9.30. The van der Waals surface area contributed by atoms with Crippen LogP contribution in [0.3, 0.4) is 0 Å². The van der Waals surface area contributed by atoms with Crippen LogP contribution < -0.4 is 9.64 Å². The number of fused-ring (bicyclic) bond motifs is 2. The Bertz CT molecular complexity index is 1160. The maximum absolute atomic E-state index is 14.0. The minimum absolute atomic E-state index is 0.101. The van der Waals surface area contributed by atoms with E-state index in [1.54, 1.807) is 25.1 Å². The molecule has 3 aromatic rings. The molecule has 0 bridgehead atoms. The van der Waals surface area contributed by atoms with Crippen molar-refractivity contribution in [1.29, 1.82) is 0 Å². The number of aryl methyl sites for hydroxylation is 1. The maximum Gasteiger partial charge on any atom is 0.307 e. The average molecular weight is 422 g/mol. The van der Waals surface area contributed by atoms with Crippen LogP contribution in [0.5, 0.6) is 5.75 Å². The number of carboxylic acid groups (broad SMARTS) is 1. The number of thiazole rings is 1. The molecule has 1 aliphatic heterocycles. The molecule has 0 radical (unpaired) electrons. The normalized spacial score (nSPS) is 16.1. The molecule has 1 aromatic heterocycles. The van der Waals surface area contributed by atoms with Crippen molar-refractivity contribution in [2.75, 3.05) is 4.90 Å². The minimum atomic E-state index is -1.61. The Hall–Kier alpha value is -3.14. The van der Waals surface area contributed by atoms with Gasteiger partial charge in [0.1, 0.15) is 16.3 Å². The molecular formula is C19H13F3N2O4S. The van der Waals surface area contributed by atoms with Gasteiger partial charge in [0, 0.05) is 0 Å². The molecule has 0 spiro atoms. The molecule has 2 heterocycles. The first kappa shape index (κ1) is 19.2. The van der Waals surface area contributed by atoms with Crippen molar-refractivity contribution < 1.29 is 32.6 Å². The van der Waals surface area contributed by atoms with Crippen molar-refractivity contribution >= 4 is 39.1 Å². The second kappa shape index (κ2) is 7.03. The summed E-state index contributed by atoms with van der Waals surface area (Å²) in [6.45, 7) is 1.63. The van der Waals surface area contributed by atoms with Crippen molar-refractivity contribution in [3.63, 3.8) is 0 Å². The first-order valence-corrected chi connectivity index (χ1v) is 9.30. The molecule has 29 heavy (non-hydrogen) atoms. The van der Waals surface area contributed by atoms with Crippen molar-refractivity contribution in [1.82, 2.24) is 4.98 Å². The van der Waals surface area contributed by atoms with Gasteiger partial charge in [-0.05, 0) is 24.6 Å². The molecule has 0 saturated carbocycles. The minimum Gasteiger partial charge on any atom is -0.481 e. The zero-order valence-corrected chi connectivity index (χ0v) is 15.7. The Morgan fingerprint density at radius 2 is 2.07 bits per heavy atom. The summed E-state index contributed by atoms with van der Waals surface area (Å²) in [6, 6.07) is 5.92. The van der Waals surface area contributed by atoms with E-state index in [1.165, 1.54) is 4.90 Å². The molecule has 1 N–H and O–H groups in total. The van der Waals surface area contributed by atoms with E-state index in [4.69, 9.17) is 9.84 Å². The summed E-state index contributed by atoms with van der Waals surface area (Å²) < 4.78 is 46.6. The van der Waals surface area contributed by atoms with Crippen LogP contribution in [0, 0.1) is 24.4 Å². The van der Waals surface area contributed by atoms with Gasteiger partial charge in [0.2, 0.25) is 0 Å². The van der Waals surface area contributed by atoms with Crippen LogP contribution in [-0.4, -0.2) is 28.1 Å². The smallest absolute Gasteiger partial charge is 0.307 e. The van der Waals surface area contributed by atoms with E-state index in [1.807, 2.05) is 0 Å². The number of ether oxygens (including phenoxy) is 1. The van der Waals surface area contributed by atoms with Crippen LogP contribution in [-0.2, 0) is 16.1 Å². The number of carbonyl (C=O) groups is 2. The second-order valence-electron chi connectivity index (χ2n) is 6.49. The Balaban J connectivity index is 1.77. The number of amides is 1. The number of rotatable bonds is 4. The quantitative estimate of drug-likeness (QED) is 0.647. The number of aliphatic carboxylic acids is 1. The highest BCUT2D eigenvalue weighted by molar-refractivity contribution is 7.18. The molecule has 0 saturated heterocycles. The van der Waals surface area contributed by atoms with Crippen molar-refractivity contribution in [2.24, 2.45) is 0 Å². The molecule has 1 amide bonds. The van der Waals surface area contributed by atoms with Gasteiger partial charge in [-0.3, -0.25) is 14.5 Å². The third kappa shape index (κ3) is 3.29. The number of carbonyl (C=O) groups excluding carboxylic acids is 1. The predicted octanol–water partition coefficient (Wildman–Crippen LogP) is 3.79. The number of anilines is 1. The Morgan fingerprint density at radius 1 is 1.31 bits per heavy atom. The van der Waals surface area contributed by atoms with E-state index in [9.17, 15) is 22.8 Å². The van der Waals surface area contributed by atoms with E-state index in [-0.39, 0.29) is 21.8 Å². The molecule has 2 aromatic carbocycles. The van der Waals surface area contributed by atoms with Gasteiger partial charge in [0.15, 0.2) is 23.6 Å². The van der Waals surface area contributed by atoms with Crippen molar-refractivity contribution in [3.05, 3.63) is 52.3 Å². The molecule has 10 heteroatoms. The summed E-state index contributed by atoms with van der Waals surface area (Å²) in [7, 11) is 0. The lowest BCUT2D eigenvalue weighted by Gasteiger charge is -2.34. The summed E-state index contributed by atoms with van der Waals surface area (Å²) in [6.07, 6.45) is -1.77. The number of para-hydroxylation sites is 1. The second-order valence-corrected chi connectivity index (χ2v) is 7.61. The summed E-state index contributed by atoms with van der Waals surface area (Å²) in [4.78, 5) is 29.3. The monoisotopic (exact) mass is 422 g/mol. The summed E-state index contributed by atoms with van der Waals surface area (Å²) in [5.41, 5.74) is 0.821. The molecule has 0 aliphatic carbocycles. The lowest BCUT2D eigenvalue weighted by atomic mass is 10.1. The number of nitrogens with zero attached hydrogens (tertiary/aromatic N) is 2. The Morgan fingerprint density at radius 3 is 2.79 bits per heavy atom. The van der Waals surface area contributed by atoms with Gasteiger partial charge < -0.3 is 9.84 Å². The average Bonchev–Trinajstić information content (AvgIpc) is 3.05. The maximum atomic E-state index is 14.0. The lowest BCUT2D eigenvalue weighted by Crippen LogP contribution is -2.46. The number of hydrogen-bond donors (Lipinski definition) is 1.